The number of hydrogen-bond acceptors (Lipinski definition) is 8. The molecule has 2 aromatic carbocycles. The number of aromatic hydroxyl groups is 1. The van der Waals surface area contributed by atoms with E-state index in [0.717, 1.165) is 0 Å². The van der Waals surface area contributed by atoms with E-state index in [4.69, 9.17) is 15.9 Å². The molecule has 2 aromatic heterocycles. The Hall–Kier alpha value is -4.71. The molecule has 0 aliphatic rings. The first-order valence-corrected chi connectivity index (χ1v) is 11.7. The van der Waals surface area contributed by atoms with Gasteiger partial charge in [-0.15, -0.1) is 0 Å². The summed E-state index contributed by atoms with van der Waals surface area (Å²) < 4.78 is 22.6. The van der Waals surface area contributed by atoms with E-state index in [0.29, 0.717) is 28.4 Å². The smallest absolute Gasteiger partial charge is 0.270 e. The van der Waals surface area contributed by atoms with Crippen LogP contribution >= 0.6 is 11.5 Å². The van der Waals surface area contributed by atoms with Gasteiger partial charge in [-0.05, 0) is 59.1 Å². The summed E-state index contributed by atoms with van der Waals surface area (Å²) in [6.45, 7) is -0.0738. The molecular formula is C25H22FN5O5S. The molecule has 0 saturated carbocycles. The summed E-state index contributed by atoms with van der Waals surface area (Å²) in [4.78, 5) is 40.2. The summed E-state index contributed by atoms with van der Waals surface area (Å²) in [6, 6.07) is 13.4. The standard InChI is InChI=1S/C25H22FN5O5S/c26-16-7-3-14(4-8-16)12-29-24(34)21(15-5-9-17(32)10-6-15)31(13-18-2-1-11-36-18)25(35)22-19(27)20(23(28)33)30-37-22/h1-11,21,32H,12-13,27H2,(H2,28,33)(H,29,34)/t21-/m0/s1. The topological polar surface area (TPSA) is 165 Å². The summed E-state index contributed by atoms with van der Waals surface area (Å²) in [7, 11) is 0. The Labute approximate surface area is 214 Å². The minimum absolute atomic E-state index is 0.0315. The van der Waals surface area contributed by atoms with Gasteiger partial charge in [0.05, 0.1) is 18.5 Å². The van der Waals surface area contributed by atoms with Gasteiger partial charge in [-0.3, -0.25) is 14.4 Å². The van der Waals surface area contributed by atoms with Crippen LogP contribution < -0.4 is 16.8 Å². The third-order valence-electron chi connectivity index (χ3n) is 5.47. The summed E-state index contributed by atoms with van der Waals surface area (Å²) in [5, 5.41) is 12.6. The number of rotatable bonds is 9. The SMILES string of the molecule is NC(=O)c1nsc(C(=O)N(Cc2ccco2)[C@H](C(=O)NCc2ccc(F)cc2)c2ccc(O)cc2)c1N. The molecule has 6 N–H and O–H groups in total. The molecule has 0 bridgehead atoms. The molecule has 0 unspecified atom stereocenters. The number of phenols is 1. The number of benzene rings is 2. The van der Waals surface area contributed by atoms with Crippen molar-refractivity contribution in [3.05, 3.63) is 100 Å². The number of nitrogens with zero attached hydrogens (tertiary/aromatic N) is 2. The van der Waals surface area contributed by atoms with E-state index in [1.54, 1.807) is 12.1 Å². The summed E-state index contributed by atoms with van der Waals surface area (Å²) in [5.74, 6) is -2.21. The van der Waals surface area contributed by atoms with Crippen LogP contribution in [0, 0.1) is 5.82 Å². The van der Waals surface area contributed by atoms with Crippen molar-refractivity contribution >= 4 is 34.9 Å². The van der Waals surface area contributed by atoms with E-state index in [1.165, 1.54) is 59.7 Å². The van der Waals surface area contributed by atoms with Crippen LogP contribution in [0.5, 0.6) is 5.75 Å². The molecule has 1 atom stereocenters. The molecule has 0 saturated heterocycles. The summed E-state index contributed by atoms with van der Waals surface area (Å²) in [6.07, 6.45) is 1.43. The fourth-order valence-corrected chi connectivity index (χ4v) is 4.39. The fourth-order valence-electron chi connectivity index (χ4n) is 3.63. The molecule has 3 amide bonds. The number of amides is 3. The Morgan fingerprint density at radius 3 is 2.41 bits per heavy atom. The quantitative estimate of drug-likeness (QED) is 0.262. The largest absolute Gasteiger partial charge is 0.508 e. The maximum atomic E-state index is 13.8. The zero-order valence-electron chi connectivity index (χ0n) is 19.3. The molecule has 10 nitrogen and oxygen atoms in total. The number of nitrogens with two attached hydrogens (primary N) is 2. The number of anilines is 1. The van der Waals surface area contributed by atoms with E-state index in [2.05, 4.69) is 9.69 Å². The van der Waals surface area contributed by atoms with Crippen molar-refractivity contribution in [2.45, 2.75) is 19.1 Å². The van der Waals surface area contributed by atoms with E-state index in [9.17, 15) is 23.9 Å². The van der Waals surface area contributed by atoms with Crippen molar-refractivity contribution in [2.24, 2.45) is 5.73 Å². The first-order valence-electron chi connectivity index (χ1n) is 10.9. The zero-order valence-corrected chi connectivity index (χ0v) is 20.1. The second-order valence-electron chi connectivity index (χ2n) is 7.99. The van der Waals surface area contributed by atoms with Gasteiger partial charge in [-0.1, -0.05) is 24.3 Å². The van der Waals surface area contributed by atoms with Crippen LogP contribution in [-0.2, 0) is 17.9 Å². The van der Waals surface area contributed by atoms with Gasteiger partial charge < -0.3 is 31.2 Å². The predicted molar refractivity (Wildman–Crippen MR) is 133 cm³/mol. The maximum Gasteiger partial charge on any atom is 0.270 e. The lowest BCUT2D eigenvalue weighted by molar-refractivity contribution is -0.126. The first kappa shape index (κ1) is 25.4. The van der Waals surface area contributed by atoms with Gasteiger partial charge in [0.1, 0.15) is 28.2 Å². The Bertz CT molecular complexity index is 1400. The van der Waals surface area contributed by atoms with Crippen LogP contribution in [0.4, 0.5) is 10.1 Å². The lowest BCUT2D eigenvalue weighted by Crippen LogP contribution is -2.43. The third kappa shape index (κ3) is 5.76. The van der Waals surface area contributed by atoms with Gasteiger partial charge in [-0.25, -0.2) is 4.39 Å². The number of primary amides is 1. The highest BCUT2D eigenvalue weighted by atomic mass is 32.1. The second kappa shape index (κ2) is 10.9. The molecule has 0 radical (unpaired) electrons. The molecule has 37 heavy (non-hydrogen) atoms. The van der Waals surface area contributed by atoms with Crippen LogP contribution in [0.1, 0.15) is 43.1 Å². The highest BCUT2D eigenvalue weighted by molar-refractivity contribution is 7.09. The molecule has 0 aliphatic heterocycles. The van der Waals surface area contributed by atoms with Crippen molar-refractivity contribution in [1.29, 1.82) is 0 Å². The van der Waals surface area contributed by atoms with E-state index in [-0.39, 0.29) is 35.1 Å². The Balaban J connectivity index is 1.74. The fraction of sp³-hybridized carbons (Fsp3) is 0.120. The van der Waals surface area contributed by atoms with Crippen LogP contribution in [0.2, 0.25) is 0 Å². The number of phenolic OH excluding ortho intramolecular Hbond substituents is 1. The normalized spacial score (nSPS) is 11.6. The zero-order chi connectivity index (χ0) is 26.5. The highest BCUT2D eigenvalue weighted by Crippen LogP contribution is 2.31. The molecule has 0 aliphatic carbocycles. The maximum absolute atomic E-state index is 13.8. The third-order valence-corrected chi connectivity index (χ3v) is 6.32. The molecule has 12 heteroatoms. The van der Waals surface area contributed by atoms with Gasteiger partial charge in [-0.2, -0.15) is 4.37 Å². The average Bonchev–Trinajstić information content (AvgIpc) is 3.53. The number of nitrogens with one attached hydrogen (secondary N) is 1. The second-order valence-corrected chi connectivity index (χ2v) is 8.76. The number of hydrogen-bond donors (Lipinski definition) is 4. The minimum Gasteiger partial charge on any atom is -0.508 e. The number of nitrogen functional groups attached to an aromatic ring is 1. The number of carbonyl (C=O) groups is 3. The molecular weight excluding hydrogens is 501 g/mol. The van der Waals surface area contributed by atoms with Crippen LogP contribution in [0.25, 0.3) is 0 Å². The monoisotopic (exact) mass is 523 g/mol. The number of furan rings is 1. The van der Waals surface area contributed by atoms with Crippen molar-refractivity contribution < 1.29 is 28.3 Å². The van der Waals surface area contributed by atoms with E-state index >= 15 is 0 Å². The predicted octanol–water partition coefficient (Wildman–Crippen LogP) is 2.96. The van der Waals surface area contributed by atoms with Crippen LogP contribution in [0.3, 0.4) is 0 Å². The van der Waals surface area contributed by atoms with Gasteiger partial charge in [0.15, 0.2) is 5.69 Å². The van der Waals surface area contributed by atoms with Crippen molar-refractivity contribution in [1.82, 2.24) is 14.6 Å². The summed E-state index contributed by atoms with van der Waals surface area (Å²) >= 11 is 0.687. The lowest BCUT2D eigenvalue weighted by Gasteiger charge is -2.30. The molecule has 4 aromatic rings. The van der Waals surface area contributed by atoms with Gasteiger partial charge >= 0.3 is 0 Å². The molecule has 0 spiro atoms. The number of carbonyl (C=O) groups excluding carboxylic acids is 3. The van der Waals surface area contributed by atoms with Crippen molar-refractivity contribution in [2.75, 3.05) is 5.73 Å². The Kier molecular flexibility index (Phi) is 7.49. The highest BCUT2D eigenvalue weighted by Gasteiger charge is 2.35. The van der Waals surface area contributed by atoms with E-state index in [1.807, 2.05) is 0 Å². The number of halogens is 1. The molecule has 190 valence electrons. The molecule has 0 fully saturated rings. The Morgan fingerprint density at radius 1 is 1.11 bits per heavy atom. The average molecular weight is 524 g/mol. The summed E-state index contributed by atoms with van der Waals surface area (Å²) in [5.41, 5.74) is 11.9. The van der Waals surface area contributed by atoms with Gasteiger partial charge in [0.2, 0.25) is 5.91 Å². The van der Waals surface area contributed by atoms with Crippen LogP contribution in [0.15, 0.2) is 71.3 Å². The van der Waals surface area contributed by atoms with Crippen molar-refractivity contribution in [3.8, 4) is 5.75 Å². The Morgan fingerprint density at radius 2 is 1.81 bits per heavy atom. The lowest BCUT2D eigenvalue weighted by atomic mass is 10.0. The van der Waals surface area contributed by atoms with Crippen LogP contribution in [-0.4, -0.2) is 32.1 Å². The van der Waals surface area contributed by atoms with Gasteiger partial charge in [0, 0.05) is 6.54 Å². The molecule has 2 heterocycles. The number of aromatic nitrogens is 1. The van der Waals surface area contributed by atoms with Crippen molar-refractivity contribution in [3.63, 3.8) is 0 Å². The molecule has 4 rings (SSSR count). The minimum atomic E-state index is -1.21. The van der Waals surface area contributed by atoms with E-state index < -0.39 is 29.6 Å². The first-order chi connectivity index (χ1) is 17.7. The van der Waals surface area contributed by atoms with Gasteiger partial charge in [0.25, 0.3) is 11.8 Å².